The van der Waals surface area contributed by atoms with Crippen LogP contribution in [0.2, 0.25) is 0 Å². The van der Waals surface area contributed by atoms with Gasteiger partial charge < -0.3 is 21.9 Å². The molecule has 0 aliphatic carbocycles. The van der Waals surface area contributed by atoms with Crippen LogP contribution in [-0.4, -0.2) is 17.1 Å². The van der Waals surface area contributed by atoms with Gasteiger partial charge >= 0.3 is 5.97 Å². The third-order valence-electron chi connectivity index (χ3n) is 2.87. The third kappa shape index (κ3) is 3.27. The molecule has 0 saturated carbocycles. The van der Waals surface area contributed by atoms with Gasteiger partial charge in [-0.15, -0.1) is 0 Å². The molecule has 0 aliphatic heterocycles. The van der Waals surface area contributed by atoms with Crippen molar-refractivity contribution in [3.63, 3.8) is 0 Å². The fourth-order valence-corrected chi connectivity index (χ4v) is 1.56. The van der Waals surface area contributed by atoms with Crippen molar-refractivity contribution in [2.24, 2.45) is 5.92 Å². The van der Waals surface area contributed by atoms with Gasteiger partial charge in [0.2, 0.25) is 0 Å². The van der Waals surface area contributed by atoms with Crippen LogP contribution in [0.25, 0.3) is 0 Å². The van der Waals surface area contributed by atoms with Gasteiger partial charge in [-0.1, -0.05) is 20.3 Å². The van der Waals surface area contributed by atoms with Gasteiger partial charge in [-0.25, -0.2) is 4.79 Å². The number of aliphatic carboxylic acids is 1. The fourth-order valence-electron chi connectivity index (χ4n) is 1.56. The molecule has 0 spiro atoms. The molecule has 0 amide bonds. The Hall–Kier alpha value is -1.91. The Bertz CT molecular complexity index is 407. The maximum atomic E-state index is 11.2. The average molecular weight is 237 g/mol. The molecular weight excluding hydrogens is 218 g/mol. The lowest BCUT2D eigenvalue weighted by atomic mass is 9.99. The summed E-state index contributed by atoms with van der Waals surface area (Å²) >= 11 is 0. The number of hydrogen-bond acceptors (Lipinski definition) is 4. The van der Waals surface area contributed by atoms with Crippen LogP contribution in [0.4, 0.5) is 17.1 Å². The molecule has 0 aliphatic rings. The van der Waals surface area contributed by atoms with Gasteiger partial charge in [0.1, 0.15) is 6.04 Å². The van der Waals surface area contributed by atoms with Gasteiger partial charge in [0, 0.05) is 5.69 Å². The second-order valence-corrected chi connectivity index (χ2v) is 4.19. The van der Waals surface area contributed by atoms with Crippen molar-refractivity contribution in [2.75, 3.05) is 16.8 Å². The smallest absolute Gasteiger partial charge is 0.326 e. The monoisotopic (exact) mass is 237 g/mol. The predicted octanol–water partition coefficient (Wildman–Crippen LogP) is 1.76. The summed E-state index contributed by atoms with van der Waals surface area (Å²) in [6.07, 6.45) is 0.777. The number of benzene rings is 1. The van der Waals surface area contributed by atoms with Crippen molar-refractivity contribution < 1.29 is 9.90 Å². The van der Waals surface area contributed by atoms with E-state index in [1.807, 2.05) is 13.8 Å². The van der Waals surface area contributed by atoms with Crippen LogP contribution >= 0.6 is 0 Å². The first-order valence-corrected chi connectivity index (χ1v) is 5.60. The van der Waals surface area contributed by atoms with Crippen molar-refractivity contribution in [3.05, 3.63) is 18.2 Å². The Morgan fingerprint density at radius 1 is 1.47 bits per heavy atom. The van der Waals surface area contributed by atoms with Crippen LogP contribution < -0.4 is 16.8 Å². The van der Waals surface area contributed by atoms with E-state index >= 15 is 0 Å². The highest BCUT2D eigenvalue weighted by Crippen LogP contribution is 2.23. The molecule has 1 aromatic rings. The average Bonchev–Trinajstić information content (AvgIpc) is 2.26. The second-order valence-electron chi connectivity index (χ2n) is 4.19. The lowest BCUT2D eigenvalue weighted by molar-refractivity contribution is -0.139. The van der Waals surface area contributed by atoms with Gasteiger partial charge in [-0.05, 0) is 24.1 Å². The van der Waals surface area contributed by atoms with Crippen LogP contribution in [0.3, 0.4) is 0 Å². The van der Waals surface area contributed by atoms with Crippen LogP contribution in [0.5, 0.6) is 0 Å². The molecule has 0 aromatic heterocycles. The lowest BCUT2D eigenvalue weighted by Gasteiger charge is -2.22. The molecule has 5 heteroatoms. The van der Waals surface area contributed by atoms with Gasteiger partial charge in [0.25, 0.3) is 0 Å². The second kappa shape index (κ2) is 5.43. The normalized spacial score (nSPS) is 14.0. The summed E-state index contributed by atoms with van der Waals surface area (Å²) in [5.41, 5.74) is 13.0. The molecule has 6 N–H and O–H groups in total. The molecule has 0 fully saturated rings. The van der Waals surface area contributed by atoms with Crippen LogP contribution in [0.1, 0.15) is 20.3 Å². The largest absolute Gasteiger partial charge is 0.480 e. The minimum absolute atomic E-state index is 0.0180. The molecule has 0 saturated heterocycles. The zero-order chi connectivity index (χ0) is 13.0. The Kier molecular flexibility index (Phi) is 4.20. The summed E-state index contributed by atoms with van der Waals surface area (Å²) in [7, 11) is 0. The Morgan fingerprint density at radius 2 is 2.12 bits per heavy atom. The number of anilines is 3. The van der Waals surface area contributed by atoms with E-state index in [1.54, 1.807) is 18.2 Å². The summed E-state index contributed by atoms with van der Waals surface area (Å²) in [6, 6.07) is 4.35. The molecule has 1 rings (SSSR count). The van der Waals surface area contributed by atoms with Crippen molar-refractivity contribution in [3.8, 4) is 0 Å². The van der Waals surface area contributed by atoms with E-state index in [1.165, 1.54) is 0 Å². The highest BCUT2D eigenvalue weighted by atomic mass is 16.4. The maximum absolute atomic E-state index is 11.2. The summed E-state index contributed by atoms with van der Waals surface area (Å²) in [4.78, 5) is 11.2. The molecule has 1 aromatic carbocycles. The summed E-state index contributed by atoms with van der Waals surface area (Å²) < 4.78 is 0. The molecule has 0 heterocycles. The van der Waals surface area contributed by atoms with E-state index in [9.17, 15) is 4.79 Å². The molecule has 0 bridgehead atoms. The molecule has 0 unspecified atom stereocenters. The number of rotatable bonds is 5. The van der Waals surface area contributed by atoms with Crippen LogP contribution in [0, 0.1) is 5.92 Å². The molecular formula is C12H19N3O2. The van der Waals surface area contributed by atoms with E-state index in [-0.39, 0.29) is 5.92 Å². The van der Waals surface area contributed by atoms with Crippen molar-refractivity contribution in [2.45, 2.75) is 26.3 Å². The first-order chi connectivity index (χ1) is 7.95. The maximum Gasteiger partial charge on any atom is 0.326 e. The van der Waals surface area contributed by atoms with Crippen LogP contribution in [0.15, 0.2) is 18.2 Å². The summed E-state index contributed by atoms with van der Waals surface area (Å²) in [5, 5.41) is 12.1. The molecule has 2 atom stereocenters. The molecule has 5 nitrogen and oxygen atoms in total. The highest BCUT2D eigenvalue weighted by molar-refractivity contribution is 5.81. The van der Waals surface area contributed by atoms with Crippen molar-refractivity contribution >= 4 is 23.0 Å². The first-order valence-electron chi connectivity index (χ1n) is 5.60. The number of carbonyl (C=O) groups is 1. The zero-order valence-electron chi connectivity index (χ0n) is 10.1. The number of nitrogen functional groups attached to an aromatic ring is 2. The lowest BCUT2D eigenvalue weighted by Crippen LogP contribution is -2.35. The summed E-state index contributed by atoms with van der Waals surface area (Å²) in [6.45, 7) is 3.84. The van der Waals surface area contributed by atoms with Gasteiger partial charge in [0.05, 0.1) is 11.4 Å². The van der Waals surface area contributed by atoms with Gasteiger partial charge in [-0.3, -0.25) is 0 Å². The van der Waals surface area contributed by atoms with Crippen LogP contribution in [-0.2, 0) is 4.79 Å². The van der Waals surface area contributed by atoms with E-state index in [0.717, 1.165) is 6.42 Å². The predicted molar refractivity (Wildman–Crippen MR) is 69.8 cm³/mol. The minimum Gasteiger partial charge on any atom is -0.480 e. The summed E-state index contributed by atoms with van der Waals surface area (Å²) in [5.74, 6) is -0.861. The van der Waals surface area contributed by atoms with Crippen molar-refractivity contribution in [1.29, 1.82) is 0 Å². The highest BCUT2D eigenvalue weighted by Gasteiger charge is 2.23. The number of nitrogens with two attached hydrogens (primary N) is 2. The number of nitrogens with one attached hydrogen (secondary N) is 1. The Balaban J connectivity index is 2.90. The topological polar surface area (TPSA) is 101 Å². The fraction of sp³-hybridized carbons (Fsp3) is 0.417. The standard InChI is InChI=1S/C12H19N3O2/c1-3-7(2)11(12(16)17)15-10-5-4-8(13)6-9(10)14/h4-7,11,15H,3,13-14H2,1-2H3,(H,16,17)/t7-,11+/m1/s1. The zero-order valence-corrected chi connectivity index (χ0v) is 10.1. The van der Waals surface area contributed by atoms with E-state index in [4.69, 9.17) is 16.6 Å². The van der Waals surface area contributed by atoms with Gasteiger partial charge in [0.15, 0.2) is 0 Å². The minimum atomic E-state index is -0.879. The van der Waals surface area contributed by atoms with Gasteiger partial charge in [-0.2, -0.15) is 0 Å². The molecule has 94 valence electrons. The van der Waals surface area contributed by atoms with E-state index in [0.29, 0.717) is 17.1 Å². The molecule has 0 radical (unpaired) electrons. The Labute approximate surface area is 101 Å². The SMILES string of the molecule is CC[C@@H](C)[C@H](Nc1ccc(N)cc1N)C(=O)O. The third-order valence-corrected chi connectivity index (χ3v) is 2.87. The first kappa shape index (κ1) is 13.2. The number of hydrogen-bond donors (Lipinski definition) is 4. The number of carboxylic acid groups (broad SMARTS) is 1. The number of carboxylic acids is 1. The van der Waals surface area contributed by atoms with Crippen molar-refractivity contribution in [1.82, 2.24) is 0 Å². The van der Waals surface area contributed by atoms with E-state index in [2.05, 4.69) is 5.32 Å². The molecule has 17 heavy (non-hydrogen) atoms. The quantitative estimate of drug-likeness (QED) is 0.584. The Morgan fingerprint density at radius 3 is 2.59 bits per heavy atom. The van der Waals surface area contributed by atoms with E-state index < -0.39 is 12.0 Å².